The van der Waals surface area contributed by atoms with Crippen molar-refractivity contribution < 1.29 is 4.79 Å². The molecule has 0 bridgehead atoms. The fourth-order valence-electron chi connectivity index (χ4n) is 12.3. The highest BCUT2D eigenvalue weighted by molar-refractivity contribution is 8.00. The van der Waals surface area contributed by atoms with Crippen molar-refractivity contribution >= 4 is 17.7 Å². The highest BCUT2D eigenvalue weighted by Crippen LogP contribution is 2.59. The van der Waals surface area contributed by atoms with E-state index in [0.717, 1.165) is 40.6 Å². The number of rotatable bonds is 0. The van der Waals surface area contributed by atoms with Crippen molar-refractivity contribution in [3.63, 3.8) is 0 Å². The monoisotopic (exact) mass is 509 g/mol. The van der Waals surface area contributed by atoms with Gasteiger partial charge in [-0.1, -0.05) is 44.9 Å². The molecule has 4 heterocycles. The summed E-state index contributed by atoms with van der Waals surface area (Å²) in [4.78, 5) is 23.6. The van der Waals surface area contributed by atoms with Crippen LogP contribution in [0.4, 0.5) is 0 Å². The maximum Gasteiger partial charge on any atom is 0.226 e. The lowest BCUT2D eigenvalue weighted by molar-refractivity contribution is -0.230. The molecular weight excluding hydrogens is 462 g/mol. The minimum Gasteiger partial charge on any atom is -0.333 e. The summed E-state index contributed by atoms with van der Waals surface area (Å²) < 4.78 is 0. The van der Waals surface area contributed by atoms with E-state index in [1.54, 1.807) is 0 Å². The predicted molar refractivity (Wildman–Crippen MR) is 145 cm³/mol. The Kier molecular flexibility index (Phi) is 5.24. The first-order valence-electron chi connectivity index (χ1n) is 16.3. The number of hydrogen-bond acceptors (Lipinski definition) is 4. The number of thioether (sulfide) groups is 1. The van der Waals surface area contributed by atoms with Gasteiger partial charge in [-0.2, -0.15) is 11.8 Å². The summed E-state index contributed by atoms with van der Waals surface area (Å²) in [5.74, 6) is 2.49. The van der Waals surface area contributed by atoms with E-state index in [1.165, 1.54) is 109 Å². The second-order valence-corrected chi connectivity index (χ2v) is 15.9. The van der Waals surface area contributed by atoms with Crippen LogP contribution in [0.3, 0.4) is 0 Å². The van der Waals surface area contributed by atoms with Gasteiger partial charge in [0.25, 0.3) is 0 Å². The molecule has 1 amide bonds. The standard InChI is InChI=1S/C31H47N3OS/c35-31-20-9-2-1-8-18(20)19-16-17-25-30-28(19)34(31)22-11-4-3-10-21(22)32(30)24-13-7-15-27-29(24)33(25)23-12-5-6-14-26(23)36-27/h18-30H,1-17H2. The zero-order valence-electron chi connectivity index (χ0n) is 22.2. The molecule has 13 unspecified atom stereocenters. The Morgan fingerprint density at radius 1 is 0.500 bits per heavy atom. The van der Waals surface area contributed by atoms with Crippen molar-refractivity contribution in [1.82, 2.24) is 14.7 Å². The van der Waals surface area contributed by atoms with Gasteiger partial charge in [-0.05, 0) is 76.0 Å². The Bertz CT molecular complexity index is 912. The highest BCUT2D eigenvalue weighted by atomic mass is 32.2. The molecule has 0 N–H and O–H groups in total. The number of nitrogens with zero attached hydrogens (tertiary/aromatic N) is 3. The molecule has 4 nitrogen and oxygen atoms in total. The predicted octanol–water partition coefficient (Wildman–Crippen LogP) is 5.44. The van der Waals surface area contributed by atoms with E-state index in [0.29, 0.717) is 41.9 Å². The first kappa shape index (κ1) is 22.5. The molecule has 5 heteroatoms. The van der Waals surface area contributed by atoms with Crippen LogP contribution in [0.15, 0.2) is 0 Å². The van der Waals surface area contributed by atoms with Gasteiger partial charge in [0, 0.05) is 58.7 Å². The molecule has 0 aromatic carbocycles. The molecule has 36 heavy (non-hydrogen) atoms. The van der Waals surface area contributed by atoms with Crippen LogP contribution in [0.2, 0.25) is 0 Å². The molecule has 0 radical (unpaired) electrons. The van der Waals surface area contributed by atoms with Gasteiger partial charge in [0.05, 0.1) is 6.04 Å². The van der Waals surface area contributed by atoms with Crippen LogP contribution in [-0.2, 0) is 4.79 Å². The van der Waals surface area contributed by atoms with Gasteiger partial charge in [-0.3, -0.25) is 14.6 Å². The zero-order chi connectivity index (χ0) is 23.5. The molecule has 0 spiro atoms. The summed E-state index contributed by atoms with van der Waals surface area (Å²) in [6.07, 6.45) is 23.6. The Balaban J connectivity index is 1.19. The molecule has 4 saturated heterocycles. The highest BCUT2D eigenvalue weighted by Gasteiger charge is 2.68. The van der Waals surface area contributed by atoms with Crippen LogP contribution in [-0.4, -0.2) is 79.4 Å². The molecule has 0 aromatic rings. The van der Waals surface area contributed by atoms with E-state index in [1.807, 2.05) is 0 Å². The molecule has 5 aliphatic carbocycles. The van der Waals surface area contributed by atoms with E-state index in [2.05, 4.69) is 26.5 Å². The number of carbonyl (C=O) groups is 1. The fourth-order valence-corrected chi connectivity index (χ4v) is 14.3. The van der Waals surface area contributed by atoms with Gasteiger partial charge in [0.15, 0.2) is 0 Å². The first-order valence-corrected chi connectivity index (χ1v) is 17.3. The van der Waals surface area contributed by atoms with Crippen molar-refractivity contribution in [2.75, 3.05) is 0 Å². The number of carbonyl (C=O) groups excluding carboxylic acids is 1. The van der Waals surface area contributed by atoms with Crippen LogP contribution < -0.4 is 0 Å². The lowest BCUT2D eigenvalue weighted by Gasteiger charge is -2.74. The number of fused-ring (bicyclic) bond motifs is 9. The van der Waals surface area contributed by atoms with E-state index >= 15 is 0 Å². The molecule has 9 aliphatic rings. The summed E-state index contributed by atoms with van der Waals surface area (Å²) in [5.41, 5.74) is 0. The Morgan fingerprint density at radius 2 is 1.17 bits per heavy atom. The van der Waals surface area contributed by atoms with Crippen molar-refractivity contribution in [2.45, 2.75) is 168 Å². The van der Waals surface area contributed by atoms with Crippen molar-refractivity contribution in [2.24, 2.45) is 17.8 Å². The number of piperazine rings is 2. The Hall–Kier alpha value is -0.260. The quantitative estimate of drug-likeness (QED) is 0.434. The minimum absolute atomic E-state index is 0.371. The van der Waals surface area contributed by atoms with Crippen LogP contribution in [0.5, 0.6) is 0 Å². The van der Waals surface area contributed by atoms with Crippen molar-refractivity contribution in [3.05, 3.63) is 0 Å². The van der Waals surface area contributed by atoms with Crippen LogP contribution in [0, 0.1) is 17.8 Å². The maximum atomic E-state index is 14.4. The molecule has 9 rings (SSSR count). The maximum absolute atomic E-state index is 14.4. The number of hydrogen-bond donors (Lipinski definition) is 0. The SMILES string of the molecule is O=C1C2CCCCC2C2CCC3C4C2N1C1CCCCC1N4C1CCCC2SC4CCCCC4N3C21. The smallest absolute Gasteiger partial charge is 0.226 e. The average Bonchev–Trinajstić information content (AvgIpc) is 2.93. The minimum atomic E-state index is 0.371. The third-order valence-corrected chi connectivity index (χ3v) is 15.1. The first-order chi connectivity index (χ1) is 17.8. The third kappa shape index (κ3) is 2.90. The lowest BCUT2D eigenvalue weighted by Crippen LogP contribution is -2.87. The van der Waals surface area contributed by atoms with Gasteiger partial charge in [0.2, 0.25) is 5.91 Å². The second kappa shape index (κ2) is 8.37. The normalized spacial score (nSPS) is 56.1. The van der Waals surface area contributed by atoms with Gasteiger partial charge >= 0.3 is 0 Å². The second-order valence-electron chi connectivity index (χ2n) is 14.5. The molecule has 9 fully saturated rings. The van der Waals surface area contributed by atoms with Gasteiger partial charge in [-0.15, -0.1) is 0 Å². The van der Waals surface area contributed by atoms with Gasteiger partial charge in [-0.25, -0.2) is 0 Å². The van der Waals surface area contributed by atoms with Crippen molar-refractivity contribution in [3.8, 4) is 0 Å². The summed E-state index contributed by atoms with van der Waals surface area (Å²) in [6, 6.07) is 5.48. The fraction of sp³-hybridized carbons (Fsp3) is 0.968. The number of piperidine rings is 1. The van der Waals surface area contributed by atoms with Gasteiger partial charge < -0.3 is 4.90 Å². The van der Waals surface area contributed by atoms with E-state index in [4.69, 9.17) is 0 Å². The van der Waals surface area contributed by atoms with E-state index in [9.17, 15) is 4.79 Å². The lowest BCUT2D eigenvalue weighted by atomic mass is 9.57. The zero-order valence-corrected chi connectivity index (χ0v) is 23.0. The van der Waals surface area contributed by atoms with E-state index < -0.39 is 0 Å². The largest absolute Gasteiger partial charge is 0.333 e. The topological polar surface area (TPSA) is 26.8 Å². The van der Waals surface area contributed by atoms with Gasteiger partial charge in [0.1, 0.15) is 0 Å². The summed E-state index contributed by atoms with van der Waals surface area (Å²) in [6.45, 7) is 0. The summed E-state index contributed by atoms with van der Waals surface area (Å²) in [5, 5.41) is 1.76. The molecule has 13 atom stereocenters. The number of amides is 1. The van der Waals surface area contributed by atoms with Crippen LogP contribution in [0.1, 0.15) is 109 Å². The third-order valence-electron chi connectivity index (χ3n) is 13.3. The van der Waals surface area contributed by atoms with E-state index in [-0.39, 0.29) is 0 Å². The molecule has 198 valence electrons. The summed E-state index contributed by atoms with van der Waals surface area (Å²) in [7, 11) is 0. The Labute approximate surface area is 222 Å². The average molecular weight is 510 g/mol. The Morgan fingerprint density at radius 3 is 2.08 bits per heavy atom. The molecular formula is C31H47N3OS. The van der Waals surface area contributed by atoms with Crippen LogP contribution >= 0.6 is 11.8 Å². The molecule has 0 aromatic heterocycles. The molecule has 5 saturated carbocycles. The van der Waals surface area contributed by atoms with Crippen LogP contribution in [0.25, 0.3) is 0 Å². The summed E-state index contributed by atoms with van der Waals surface area (Å²) >= 11 is 2.46. The van der Waals surface area contributed by atoms with Crippen molar-refractivity contribution in [1.29, 1.82) is 0 Å². The molecule has 4 aliphatic heterocycles.